The van der Waals surface area contributed by atoms with Crippen LogP contribution in [0.5, 0.6) is 0 Å². The molecular weight excluding hydrogens is 248 g/mol. The molecule has 2 N–H and O–H groups in total. The first kappa shape index (κ1) is 13.6. The van der Waals surface area contributed by atoms with E-state index in [2.05, 4.69) is 5.32 Å². The van der Waals surface area contributed by atoms with Gasteiger partial charge in [0.25, 0.3) is 0 Å². The second kappa shape index (κ2) is 5.91. The van der Waals surface area contributed by atoms with Crippen molar-refractivity contribution in [2.75, 3.05) is 7.05 Å². The van der Waals surface area contributed by atoms with Crippen LogP contribution in [0.15, 0.2) is 42.5 Å². The zero-order chi connectivity index (χ0) is 13.8. The normalized spacial score (nSPS) is 12.4. The van der Waals surface area contributed by atoms with Crippen molar-refractivity contribution in [1.29, 1.82) is 0 Å². The number of rotatable bonds is 4. The molecule has 0 heterocycles. The molecule has 2 aromatic rings. The predicted molar refractivity (Wildman–Crippen MR) is 69.6 cm³/mol. The van der Waals surface area contributed by atoms with Crippen LogP contribution < -0.4 is 5.32 Å². The topological polar surface area (TPSA) is 32.3 Å². The minimum atomic E-state index is -1.31. The van der Waals surface area contributed by atoms with Crippen molar-refractivity contribution in [3.63, 3.8) is 0 Å². The maximum atomic E-state index is 13.7. The van der Waals surface area contributed by atoms with Crippen LogP contribution in [0.2, 0.25) is 0 Å². The van der Waals surface area contributed by atoms with Crippen molar-refractivity contribution in [3.8, 4) is 0 Å². The zero-order valence-corrected chi connectivity index (χ0v) is 10.5. The fourth-order valence-electron chi connectivity index (χ4n) is 2.08. The third kappa shape index (κ3) is 2.80. The summed E-state index contributed by atoms with van der Waals surface area (Å²) in [5, 5.41) is 13.2. The summed E-state index contributed by atoms with van der Waals surface area (Å²) in [6.07, 6.45) is -1.31. The average molecular weight is 263 g/mol. The second-order valence-corrected chi connectivity index (χ2v) is 4.27. The molecule has 100 valence electrons. The summed E-state index contributed by atoms with van der Waals surface area (Å²) in [5.41, 5.74) is 0.993. The van der Waals surface area contributed by atoms with Crippen LogP contribution in [0.4, 0.5) is 8.78 Å². The lowest BCUT2D eigenvalue weighted by Gasteiger charge is -2.17. The van der Waals surface area contributed by atoms with E-state index in [0.29, 0.717) is 12.1 Å². The highest BCUT2D eigenvalue weighted by Gasteiger charge is 2.21. The molecule has 0 amide bonds. The molecule has 2 rings (SSSR count). The number of halogens is 2. The van der Waals surface area contributed by atoms with Crippen molar-refractivity contribution in [3.05, 3.63) is 70.8 Å². The van der Waals surface area contributed by atoms with E-state index in [0.717, 1.165) is 17.7 Å². The van der Waals surface area contributed by atoms with Crippen LogP contribution in [0, 0.1) is 11.6 Å². The van der Waals surface area contributed by atoms with Crippen molar-refractivity contribution in [2.45, 2.75) is 12.6 Å². The lowest BCUT2D eigenvalue weighted by atomic mass is 9.96. The van der Waals surface area contributed by atoms with E-state index < -0.39 is 17.7 Å². The minimum absolute atomic E-state index is 0.314. The molecule has 0 spiro atoms. The van der Waals surface area contributed by atoms with E-state index in [-0.39, 0.29) is 5.56 Å². The first-order chi connectivity index (χ1) is 9.15. The fourth-order valence-corrected chi connectivity index (χ4v) is 2.08. The third-order valence-corrected chi connectivity index (χ3v) is 2.99. The highest BCUT2D eigenvalue weighted by molar-refractivity contribution is 5.37. The van der Waals surface area contributed by atoms with E-state index >= 15 is 0 Å². The van der Waals surface area contributed by atoms with E-state index in [9.17, 15) is 13.9 Å². The molecule has 2 nitrogen and oxygen atoms in total. The van der Waals surface area contributed by atoms with Gasteiger partial charge in [-0.25, -0.2) is 8.78 Å². The highest BCUT2D eigenvalue weighted by atomic mass is 19.1. The molecule has 0 aliphatic rings. The van der Waals surface area contributed by atoms with E-state index in [1.807, 2.05) is 12.1 Å². The molecule has 0 saturated carbocycles. The van der Waals surface area contributed by atoms with Gasteiger partial charge in [0, 0.05) is 6.54 Å². The van der Waals surface area contributed by atoms with Gasteiger partial charge in [-0.2, -0.15) is 0 Å². The molecule has 0 aromatic heterocycles. The molecule has 1 atom stereocenters. The van der Waals surface area contributed by atoms with Crippen LogP contribution in [0.1, 0.15) is 22.8 Å². The molecule has 0 radical (unpaired) electrons. The van der Waals surface area contributed by atoms with Gasteiger partial charge in [0.1, 0.15) is 17.7 Å². The third-order valence-electron chi connectivity index (χ3n) is 2.99. The number of hydrogen-bond donors (Lipinski definition) is 2. The summed E-state index contributed by atoms with van der Waals surface area (Å²) in [6.45, 7) is 0.517. The summed E-state index contributed by atoms with van der Waals surface area (Å²) >= 11 is 0. The van der Waals surface area contributed by atoms with Gasteiger partial charge in [0.2, 0.25) is 0 Å². The smallest absolute Gasteiger partial charge is 0.132 e. The van der Waals surface area contributed by atoms with Crippen LogP contribution in [-0.4, -0.2) is 12.2 Å². The fraction of sp³-hybridized carbons (Fsp3) is 0.200. The van der Waals surface area contributed by atoms with Gasteiger partial charge in [-0.3, -0.25) is 0 Å². The first-order valence-corrected chi connectivity index (χ1v) is 5.99. The average Bonchev–Trinajstić information content (AvgIpc) is 2.39. The predicted octanol–water partition coefficient (Wildman–Crippen LogP) is 2.77. The number of aliphatic hydroxyl groups excluding tert-OH is 1. The Morgan fingerprint density at radius 1 is 1.05 bits per heavy atom. The lowest BCUT2D eigenvalue weighted by molar-refractivity contribution is 0.208. The van der Waals surface area contributed by atoms with Crippen LogP contribution in [0.3, 0.4) is 0 Å². The van der Waals surface area contributed by atoms with Crippen molar-refractivity contribution in [1.82, 2.24) is 5.32 Å². The van der Waals surface area contributed by atoms with Gasteiger partial charge >= 0.3 is 0 Å². The van der Waals surface area contributed by atoms with Crippen LogP contribution >= 0.6 is 0 Å². The van der Waals surface area contributed by atoms with E-state index in [1.54, 1.807) is 19.2 Å². The van der Waals surface area contributed by atoms with Gasteiger partial charge in [0.15, 0.2) is 0 Å². The summed E-state index contributed by atoms with van der Waals surface area (Å²) in [6, 6.07) is 10.6. The molecule has 0 saturated heterocycles. The maximum absolute atomic E-state index is 13.7. The molecule has 19 heavy (non-hydrogen) atoms. The Hall–Kier alpha value is -1.78. The molecule has 0 aliphatic carbocycles. The molecule has 0 fully saturated rings. The minimum Gasteiger partial charge on any atom is -0.383 e. The van der Waals surface area contributed by atoms with E-state index in [4.69, 9.17) is 0 Å². The Kier molecular flexibility index (Phi) is 4.24. The number of aliphatic hydroxyl groups is 1. The largest absolute Gasteiger partial charge is 0.383 e. The van der Waals surface area contributed by atoms with Crippen molar-refractivity contribution in [2.24, 2.45) is 0 Å². The summed E-state index contributed by atoms with van der Waals surface area (Å²) in [4.78, 5) is 0. The second-order valence-electron chi connectivity index (χ2n) is 4.27. The Bertz CT molecular complexity index is 552. The first-order valence-electron chi connectivity index (χ1n) is 5.99. The lowest BCUT2D eigenvalue weighted by Crippen LogP contribution is -2.12. The van der Waals surface area contributed by atoms with Crippen molar-refractivity contribution >= 4 is 0 Å². The molecule has 0 aliphatic heterocycles. The molecule has 0 bridgehead atoms. The molecule has 4 heteroatoms. The Morgan fingerprint density at radius 2 is 1.68 bits per heavy atom. The highest BCUT2D eigenvalue weighted by Crippen LogP contribution is 2.28. The van der Waals surface area contributed by atoms with Crippen LogP contribution in [-0.2, 0) is 6.54 Å². The summed E-state index contributed by atoms with van der Waals surface area (Å²) in [7, 11) is 1.77. The van der Waals surface area contributed by atoms with E-state index in [1.165, 1.54) is 6.07 Å². The Labute approximate surface area is 110 Å². The maximum Gasteiger partial charge on any atom is 0.132 e. The Morgan fingerprint density at radius 3 is 2.32 bits per heavy atom. The Balaban J connectivity index is 2.47. The SMILES string of the molecule is CNCc1ccccc1C(O)c1c(F)cccc1F. The van der Waals surface area contributed by atoms with Gasteiger partial charge in [-0.15, -0.1) is 0 Å². The zero-order valence-electron chi connectivity index (χ0n) is 10.5. The molecule has 1 unspecified atom stereocenters. The molecular formula is C15H15F2NO. The van der Waals surface area contributed by atoms with Crippen molar-refractivity contribution < 1.29 is 13.9 Å². The monoisotopic (exact) mass is 263 g/mol. The summed E-state index contributed by atoms with van der Waals surface area (Å²) < 4.78 is 27.4. The number of nitrogens with one attached hydrogen (secondary N) is 1. The van der Waals surface area contributed by atoms with Gasteiger partial charge < -0.3 is 10.4 Å². The molecule has 2 aromatic carbocycles. The van der Waals surface area contributed by atoms with Gasteiger partial charge in [0.05, 0.1) is 5.56 Å². The number of hydrogen-bond acceptors (Lipinski definition) is 2. The summed E-state index contributed by atoms with van der Waals surface area (Å²) in [5.74, 6) is -1.49. The standard InChI is InChI=1S/C15H15F2NO/c1-18-9-10-5-2-3-6-11(10)15(19)14-12(16)7-4-8-13(14)17/h2-8,15,18-19H,9H2,1H3. The quantitative estimate of drug-likeness (QED) is 0.889. The van der Waals surface area contributed by atoms with Gasteiger partial charge in [-0.05, 0) is 30.3 Å². The van der Waals surface area contributed by atoms with Gasteiger partial charge in [-0.1, -0.05) is 30.3 Å². The van der Waals surface area contributed by atoms with Crippen LogP contribution in [0.25, 0.3) is 0 Å². The number of benzene rings is 2.